The zero-order chi connectivity index (χ0) is 25.4. The monoisotopic (exact) mass is 483 g/mol. The first-order valence-corrected chi connectivity index (χ1v) is 13.1. The van der Waals surface area contributed by atoms with Gasteiger partial charge in [-0.2, -0.15) is 5.10 Å². The topological polar surface area (TPSA) is 30.7 Å². The van der Waals surface area contributed by atoms with E-state index < -0.39 is 0 Å². The van der Waals surface area contributed by atoms with Crippen LogP contribution < -0.4 is 0 Å². The van der Waals surface area contributed by atoms with E-state index in [1.807, 2.05) is 23.9 Å². The molecule has 0 spiro atoms. The Labute approximate surface area is 215 Å². The molecule has 0 saturated carbocycles. The van der Waals surface area contributed by atoms with Crippen molar-refractivity contribution >= 4 is 11.8 Å². The summed E-state index contributed by atoms with van der Waals surface area (Å²) in [6, 6.07) is 26.1. The highest BCUT2D eigenvalue weighted by molar-refractivity contribution is 7.99. The van der Waals surface area contributed by atoms with Gasteiger partial charge in [-0.05, 0) is 78.8 Å². The van der Waals surface area contributed by atoms with Gasteiger partial charge in [-0.25, -0.2) is 4.68 Å². The number of nitrogens with zero attached hydrogens (tertiary/aromatic N) is 3. The Hall–Kier alpha value is -2.85. The van der Waals surface area contributed by atoms with Crippen LogP contribution in [0, 0.1) is 24.7 Å². The van der Waals surface area contributed by atoms with Gasteiger partial charge in [0.1, 0.15) is 0 Å². The molecule has 182 valence electrons. The molecule has 0 N–H and O–H groups in total. The fourth-order valence-corrected chi connectivity index (χ4v) is 6.92. The van der Waals surface area contributed by atoms with Crippen LogP contribution in [0.25, 0.3) is 5.69 Å². The van der Waals surface area contributed by atoms with Gasteiger partial charge in [-0.15, -0.1) is 0 Å². The first kappa shape index (κ1) is 25.2. The molecule has 35 heavy (non-hydrogen) atoms. The van der Waals surface area contributed by atoms with Crippen LogP contribution in [0.3, 0.4) is 0 Å². The van der Waals surface area contributed by atoms with E-state index in [-0.39, 0.29) is 16.2 Å². The third-order valence-corrected chi connectivity index (χ3v) is 7.85. The second-order valence-electron chi connectivity index (χ2n) is 11.4. The van der Waals surface area contributed by atoms with Crippen molar-refractivity contribution in [1.82, 2.24) is 14.8 Å². The summed E-state index contributed by atoms with van der Waals surface area (Å²) in [7, 11) is 0. The molecule has 0 amide bonds. The van der Waals surface area contributed by atoms with E-state index in [1.54, 1.807) is 11.8 Å². The fourth-order valence-electron chi connectivity index (χ4n) is 5.99. The van der Waals surface area contributed by atoms with Gasteiger partial charge in [0.15, 0.2) is 0 Å². The second-order valence-corrected chi connectivity index (χ2v) is 12.6. The van der Waals surface area contributed by atoms with Crippen molar-refractivity contribution in [2.75, 3.05) is 0 Å². The third kappa shape index (κ3) is 4.69. The van der Waals surface area contributed by atoms with Crippen LogP contribution in [0.15, 0.2) is 88.8 Å². The van der Waals surface area contributed by atoms with E-state index in [2.05, 4.69) is 120 Å². The molecule has 4 rings (SSSR count). The molecule has 0 bridgehead atoms. The van der Waals surface area contributed by atoms with Crippen LogP contribution in [-0.2, 0) is 5.41 Å². The number of hydrogen-bond acceptors (Lipinski definition) is 3. The zero-order valence-electron chi connectivity index (χ0n) is 22.3. The Morgan fingerprint density at radius 1 is 0.714 bits per heavy atom. The smallest absolute Gasteiger partial charge is 0.0660 e. The lowest BCUT2D eigenvalue weighted by atomic mass is 9.49. The predicted molar refractivity (Wildman–Crippen MR) is 148 cm³/mol. The van der Waals surface area contributed by atoms with Gasteiger partial charge in [-0.1, -0.05) is 77.6 Å². The largest absolute Gasteiger partial charge is 0.260 e. The molecule has 4 heteroatoms. The molecule has 2 heterocycles. The van der Waals surface area contributed by atoms with Gasteiger partial charge in [0.05, 0.1) is 17.1 Å². The normalized spacial score (nSPS) is 12.7. The first-order valence-electron chi connectivity index (χ1n) is 12.3. The zero-order valence-corrected chi connectivity index (χ0v) is 23.1. The van der Waals surface area contributed by atoms with Gasteiger partial charge in [0.25, 0.3) is 0 Å². The summed E-state index contributed by atoms with van der Waals surface area (Å²) in [6.45, 7) is 18.2. The first-order chi connectivity index (χ1) is 16.4. The van der Waals surface area contributed by atoms with E-state index in [0.29, 0.717) is 0 Å². The van der Waals surface area contributed by atoms with Crippen LogP contribution in [0.5, 0.6) is 0 Å². The molecular formula is C31H37N3S. The third-order valence-electron chi connectivity index (χ3n) is 6.87. The molecule has 3 nitrogen and oxygen atoms in total. The summed E-state index contributed by atoms with van der Waals surface area (Å²) in [5.74, 6) is 0. The molecule has 0 atom stereocenters. The molecule has 0 aliphatic heterocycles. The summed E-state index contributed by atoms with van der Waals surface area (Å²) >= 11 is 1.79. The lowest BCUT2D eigenvalue weighted by Crippen LogP contribution is -2.51. The highest BCUT2D eigenvalue weighted by atomic mass is 32.2. The van der Waals surface area contributed by atoms with Gasteiger partial charge >= 0.3 is 0 Å². The second kappa shape index (κ2) is 9.31. The lowest BCUT2D eigenvalue weighted by Gasteiger charge is -2.54. The minimum atomic E-state index is -0.274. The highest BCUT2D eigenvalue weighted by Gasteiger charge is 2.54. The van der Waals surface area contributed by atoms with Crippen LogP contribution in [0.1, 0.15) is 64.2 Å². The van der Waals surface area contributed by atoms with E-state index in [1.165, 1.54) is 15.4 Å². The summed E-state index contributed by atoms with van der Waals surface area (Å²) in [6.07, 6.45) is 1.92. The van der Waals surface area contributed by atoms with Gasteiger partial charge in [0, 0.05) is 27.1 Å². The van der Waals surface area contributed by atoms with Gasteiger partial charge in [0.2, 0.25) is 0 Å². The summed E-state index contributed by atoms with van der Waals surface area (Å²) in [4.78, 5) is 7.33. The molecule has 2 aromatic carbocycles. The maximum absolute atomic E-state index is 4.91. The lowest BCUT2D eigenvalue weighted by molar-refractivity contribution is 0.0863. The SMILES string of the molecule is Cc1cc(C)n(-c2cccc(Sc3cccc(C(c4ccccn4)(C(C)(C)C)C(C)(C)C)c3)c2)n1. The Morgan fingerprint density at radius 3 is 1.94 bits per heavy atom. The number of rotatable bonds is 5. The van der Waals surface area contributed by atoms with Crippen LogP contribution in [0.4, 0.5) is 0 Å². The number of aromatic nitrogens is 3. The Bertz CT molecular complexity index is 1290. The minimum absolute atomic E-state index is 0.0573. The molecule has 2 aromatic heterocycles. The average Bonchev–Trinajstić information content (AvgIpc) is 3.11. The van der Waals surface area contributed by atoms with E-state index in [0.717, 1.165) is 22.8 Å². The van der Waals surface area contributed by atoms with Gasteiger partial charge < -0.3 is 0 Å². The highest BCUT2D eigenvalue weighted by Crippen LogP contribution is 2.57. The fraction of sp³-hybridized carbons (Fsp3) is 0.355. The van der Waals surface area contributed by atoms with Crippen LogP contribution in [0.2, 0.25) is 0 Å². The molecular weight excluding hydrogens is 446 g/mol. The maximum atomic E-state index is 4.91. The Kier molecular flexibility index (Phi) is 6.72. The summed E-state index contributed by atoms with van der Waals surface area (Å²) < 4.78 is 2.01. The molecule has 0 unspecified atom stereocenters. The molecule has 0 saturated heterocycles. The van der Waals surface area contributed by atoms with Crippen LogP contribution >= 0.6 is 11.8 Å². The molecule has 0 radical (unpaired) electrons. The van der Waals surface area contributed by atoms with Crippen molar-refractivity contribution in [3.8, 4) is 5.69 Å². The summed E-state index contributed by atoms with van der Waals surface area (Å²) in [5.41, 5.74) is 5.29. The average molecular weight is 484 g/mol. The maximum Gasteiger partial charge on any atom is 0.0660 e. The standard InChI is InChI=1S/C31H37N3S/c1-22-19-23(2)34(33-22)25-14-12-16-27(21-25)35-26-15-11-13-24(20-26)31(29(3,4)5,30(6,7)8)28-17-9-10-18-32-28/h9-21H,1-8H3. The summed E-state index contributed by atoms with van der Waals surface area (Å²) in [5, 5.41) is 4.66. The number of aryl methyl sites for hydroxylation is 2. The quantitative estimate of drug-likeness (QED) is 0.285. The van der Waals surface area contributed by atoms with E-state index in [9.17, 15) is 0 Å². The van der Waals surface area contributed by atoms with Crippen molar-refractivity contribution in [2.24, 2.45) is 10.8 Å². The van der Waals surface area contributed by atoms with Crippen molar-refractivity contribution in [1.29, 1.82) is 0 Å². The number of hydrogen-bond donors (Lipinski definition) is 0. The van der Waals surface area contributed by atoms with E-state index in [4.69, 9.17) is 4.98 Å². The van der Waals surface area contributed by atoms with E-state index >= 15 is 0 Å². The molecule has 4 aromatic rings. The van der Waals surface area contributed by atoms with Crippen LogP contribution in [-0.4, -0.2) is 14.8 Å². The molecule has 0 fully saturated rings. The van der Waals surface area contributed by atoms with Crippen molar-refractivity contribution < 1.29 is 0 Å². The minimum Gasteiger partial charge on any atom is -0.260 e. The van der Waals surface area contributed by atoms with Crippen molar-refractivity contribution in [2.45, 2.75) is 70.6 Å². The Balaban J connectivity index is 1.79. The molecule has 0 aliphatic carbocycles. The van der Waals surface area contributed by atoms with Crippen molar-refractivity contribution in [3.05, 3.63) is 102 Å². The number of pyridine rings is 1. The molecule has 0 aliphatic rings. The predicted octanol–water partition coefficient (Wildman–Crippen LogP) is 8.41. The number of benzene rings is 2. The van der Waals surface area contributed by atoms with Gasteiger partial charge in [-0.3, -0.25) is 4.98 Å². The Morgan fingerprint density at radius 2 is 1.37 bits per heavy atom. The van der Waals surface area contributed by atoms with Crippen molar-refractivity contribution in [3.63, 3.8) is 0 Å².